The van der Waals surface area contributed by atoms with E-state index in [4.69, 9.17) is 5.84 Å². The van der Waals surface area contributed by atoms with E-state index in [-0.39, 0.29) is 11.7 Å². The standard InChI is InChI=1S/C13H13N5OS3/c14-18-12(10-4-2-6-21-10)16-17-13(18)22-8-11(19)15-7-9-3-1-5-20-9/h1-6H,7-8,14H2,(H,15,19). The van der Waals surface area contributed by atoms with E-state index < -0.39 is 0 Å². The number of carbonyl (C=O) groups is 1. The fourth-order valence-corrected chi connectivity index (χ4v) is 3.77. The number of hydrogen-bond donors (Lipinski definition) is 2. The lowest BCUT2D eigenvalue weighted by Crippen LogP contribution is -2.24. The molecule has 0 radical (unpaired) electrons. The molecule has 3 aromatic heterocycles. The van der Waals surface area contributed by atoms with Gasteiger partial charge in [0.1, 0.15) is 0 Å². The molecule has 0 saturated heterocycles. The summed E-state index contributed by atoms with van der Waals surface area (Å²) in [6.45, 7) is 0.548. The Labute approximate surface area is 139 Å². The van der Waals surface area contributed by atoms with Crippen LogP contribution < -0.4 is 11.2 Å². The lowest BCUT2D eigenvalue weighted by Gasteiger charge is -2.04. The molecule has 1 amide bonds. The molecule has 0 aromatic carbocycles. The zero-order chi connectivity index (χ0) is 15.4. The molecule has 0 bridgehead atoms. The van der Waals surface area contributed by atoms with Gasteiger partial charge in [0.05, 0.1) is 17.2 Å². The Kier molecular flexibility index (Phi) is 4.76. The van der Waals surface area contributed by atoms with Gasteiger partial charge in [-0.05, 0) is 22.9 Å². The van der Waals surface area contributed by atoms with E-state index in [1.54, 1.807) is 22.7 Å². The second kappa shape index (κ2) is 6.95. The highest BCUT2D eigenvalue weighted by Crippen LogP contribution is 2.24. The Bertz CT molecular complexity index is 736. The number of hydrogen-bond acceptors (Lipinski definition) is 7. The molecule has 3 rings (SSSR count). The van der Waals surface area contributed by atoms with Crippen LogP contribution in [0, 0.1) is 0 Å². The minimum atomic E-state index is -0.0564. The van der Waals surface area contributed by atoms with Gasteiger partial charge in [-0.1, -0.05) is 23.9 Å². The molecular weight excluding hydrogens is 338 g/mol. The average Bonchev–Trinajstić information content (AvgIpc) is 3.25. The molecular formula is C13H13N5OS3. The molecule has 6 nitrogen and oxygen atoms in total. The molecule has 0 fully saturated rings. The summed E-state index contributed by atoms with van der Waals surface area (Å²) in [5.41, 5.74) is 0. The molecule has 22 heavy (non-hydrogen) atoms. The van der Waals surface area contributed by atoms with Gasteiger partial charge in [0.2, 0.25) is 11.1 Å². The largest absolute Gasteiger partial charge is 0.350 e. The number of nitrogens with one attached hydrogen (secondary N) is 1. The maximum Gasteiger partial charge on any atom is 0.230 e. The van der Waals surface area contributed by atoms with E-state index in [9.17, 15) is 4.79 Å². The summed E-state index contributed by atoms with van der Waals surface area (Å²) in [6, 6.07) is 7.81. The second-order valence-corrected chi connectivity index (χ2v) is 7.22. The van der Waals surface area contributed by atoms with Gasteiger partial charge in [-0.25, -0.2) is 4.68 Å². The minimum absolute atomic E-state index is 0.0564. The molecule has 0 aliphatic carbocycles. The van der Waals surface area contributed by atoms with Crippen LogP contribution >= 0.6 is 34.4 Å². The van der Waals surface area contributed by atoms with Crippen molar-refractivity contribution in [2.75, 3.05) is 11.6 Å². The first-order chi connectivity index (χ1) is 10.7. The van der Waals surface area contributed by atoms with E-state index in [1.165, 1.54) is 16.4 Å². The van der Waals surface area contributed by atoms with E-state index in [2.05, 4.69) is 15.5 Å². The van der Waals surface area contributed by atoms with Gasteiger partial charge in [0.15, 0.2) is 5.82 Å². The van der Waals surface area contributed by atoms with Crippen molar-refractivity contribution in [2.24, 2.45) is 0 Å². The van der Waals surface area contributed by atoms with Crippen molar-refractivity contribution in [3.05, 3.63) is 39.9 Å². The van der Waals surface area contributed by atoms with Crippen molar-refractivity contribution in [1.82, 2.24) is 20.2 Å². The van der Waals surface area contributed by atoms with Crippen molar-refractivity contribution in [1.29, 1.82) is 0 Å². The van der Waals surface area contributed by atoms with E-state index in [0.29, 0.717) is 17.5 Å². The molecule has 3 N–H and O–H groups in total. The van der Waals surface area contributed by atoms with Gasteiger partial charge in [-0.3, -0.25) is 4.79 Å². The normalized spacial score (nSPS) is 10.7. The maximum atomic E-state index is 11.8. The molecule has 0 aliphatic heterocycles. The van der Waals surface area contributed by atoms with Crippen LogP contribution in [0.5, 0.6) is 0 Å². The van der Waals surface area contributed by atoms with Crippen molar-refractivity contribution in [2.45, 2.75) is 11.7 Å². The zero-order valence-electron chi connectivity index (χ0n) is 11.4. The minimum Gasteiger partial charge on any atom is -0.350 e. The highest BCUT2D eigenvalue weighted by atomic mass is 32.2. The number of nitrogen functional groups attached to an aromatic ring is 1. The van der Waals surface area contributed by atoms with E-state index >= 15 is 0 Å². The molecule has 0 aliphatic rings. The third kappa shape index (κ3) is 3.49. The van der Waals surface area contributed by atoms with Crippen LogP contribution in [-0.4, -0.2) is 26.5 Å². The van der Waals surface area contributed by atoms with Crippen molar-refractivity contribution in [3.8, 4) is 10.7 Å². The van der Waals surface area contributed by atoms with Crippen molar-refractivity contribution in [3.63, 3.8) is 0 Å². The molecule has 0 atom stereocenters. The first kappa shape index (κ1) is 15.1. The summed E-state index contributed by atoms with van der Waals surface area (Å²) >= 11 is 4.43. The predicted molar refractivity (Wildman–Crippen MR) is 90.4 cm³/mol. The van der Waals surface area contributed by atoms with Crippen LogP contribution in [0.25, 0.3) is 10.7 Å². The van der Waals surface area contributed by atoms with E-state index in [1.807, 2.05) is 35.0 Å². The number of nitrogens with two attached hydrogens (primary N) is 1. The molecule has 3 heterocycles. The Balaban J connectivity index is 1.54. The lowest BCUT2D eigenvalue weighted by atomic mass is 10.4. The highest BCUT2D eigenvalue weighted by molar-refractivity contribution is 7.99. The Hall–Kier alpha value is -1.84. The number of nitrogens with zero attached hydrogens (tertiary/aromatic N) is 3. The van der Waals surface area contributed by atoms with Crippen LogP contribution in [0.3, 0.4) is 0 Å². The van der Waals surface area contributed by atoms with Gasteiger partial charge in [0, 0.05) is 4.88 Å². The first-order valence-corrected chi connectivity index (χ1v) is 9.15. The Morgan fingerprint density at radius 3 is 2.82 bits per heavy atom. The topological polar surface area (TPSA) is 85.8 Å². The summed E-state index contributed by atoms with van der Waals surface area (Å²) in [5, 5.41) is 15.4. The number of thiophene rings is 2. The van der Waals surface area contributed by atoms with Crippen molar-refractivity contribution >= 4 is 40.3 Å². The SMILES string of the molecule is Nn1c(SCC(=O)NCc2cccs2)nnc1-c1cccs1. The van der Waals surface area contributed by atoms with E-state index in [0.717, 1.165) is 9.75 Å². The first-order valence-electron chi connectivity index (χ1n) is 6.40. The molecule has 0 spiro atoms. The van der Waals surface area contributed by atoms with Gasteiger partial charge in [-0.15, -0.1) is 32.9 Å². The van der Waals surface area contributed by atoms with Crippen molar-refractivity contribution < 1.29 is 4.79 Å². The molecule has 114 valence electrons. The van der Waals surface area contributed by atoms with Crippen LogP contribution in [0.1, 0.15) is 4.88 Å². The van der Waals surface area contributed by atoms with Gasteiger partial charge >= 0.3 is 0 Å². The Morgan fingerprint density at radius 1 is 1.27 bits per heavy atom. The van der Waals surface area contributed by atoms with Crippen LogP contribution in [0.4, 0.5) is 0 Å². The fraction of sp³-hybridized carbons (Fsp3) is 0.154. The molecule has 9 heteroatoms. The summed E-state index contributed by atoms with van der Waals surface area (Å²) < 4.78 is 1.42. The van der Waals surface area contributed by atoms with Gasteiger partial charge in [0.25, 0.3) is 0 Å². The summed E-state index contributed by atoms with van der Waals surface area (Å²) in [6.07, 6.45) is 0. The van der Waals surface area contributed by atoms with Gasteiger partial charge < -0.3 is 11.2 Å². The third-order valence-electron chi connectivity index (χ3n) is 2.78. The summed E-state index contributed by atoms with van der Waals surface area (Å²) in [7, 11) is 0. The number of carbonyl (C=O) groups excluding carboxylic acids is 1. The smallest absolute Gasteiger partial charge is 0.230 e. The summed E-state index contributed by atoms with van der Waals surface area (Å²) in [5.74, 6) is 6.79. The number of aromatic nitrogens is 3. The number of thioether (sulfide) groups is 1. The number of rotatable bonds is 6. The molecule has 0 unspecified atom stereocenters. The second-order valence-electron chi connectivity index (χ2n) is 4.30. The lowest BCUT2D eigenvalue weighted by molar-refractivity contribution is -0.118. The maximum absolute atomic E-state index is 11.8. The zero-order valence-corrected chi connectivity index (χ0v) is 13.9. The monoisotopic (exact) mass is 351 g/mol. The van der Waals surface area contributed by atoms with Crippen LogP contribution in [0.2, 0.25) is 0 Å². The molecule has 3 aromatic rings. The number of amides is 1. The van der Waals surface area contributed by atoms with Crippen LogP contribution in [-0.2, 0) is 11.3 Å². The van der Waals surface area contributed by atoms with Gasteiger partial charge in [-0.2, -0.15) is 0 Å². The third-order valence-corrected chi connectivity index (χ3v) is 5.46. The predicted octanol–water partition coefficient (Wildman–Crippen LogP) is 2.19. The highest BCUT2D eigenvalue weighted by Gasteiger charge is 2.14. The summed E-state index contributed by atoms with van der Waals surface area (Å²) in [4.78, 5) is 13.9. The quantitative estimate of drug-likeness (QED) is 0.525. The average molecular weight is 351 g/mol. The Morgan fingerprint density at radius 2 is 2.09 bits per heavy atom. The van der Waals surface area contributed by atoms with Crippen LogP contribution in [0.15, 0.2) is 40.2 Å². The fourth-order valence-electron chi connectivity index (χ4n) is 1.73. The molecule has 0 saturated carbocycles.